The third-order valence-corrected chi connectivity index (χ3v) is 3.84. The van der Waals surface area contributed by atoms with Crippen molar-refractivity contribution in [2.45, 2.75) is 32.0 Å². The molecule has 0 amide bonds. The molecule has 2 aromatic rings. The lowest BCUT2D eigenvalue weighted by Gasteiger charge is -2.14. The van der Waals surface area contributed by atoms with Crippen molar-refractivity contribution in [1.82, 2.24) is 14.7 Å². The quantitative estimate of drug-likeness (QED) is 0.882. The summed E-state index contributed by atoms with van der Waals surface area (Å²) in [6.07, 6.45) is 5.55. The van der Waals surface area contributed by atoms with Gasteiger partial charge in [-0.05, 0) is 13.3 Å². The second-order valence-corrected chi connectivity index (χ2v) is 5.05. The maximum atomic E-state index is 5.51. The smallest absolute Gasteiger partial charge is 0.193 e. The first kappa shape index (κ1) is 10.3. The van der Waals surface area contributed by atoms with E-state index in [0.717, 1.165) is 30.2 Å². The van der Waals surface area contributed by atoms with Crippen molar-refractivity contribution in [3.63, 3.8) is 0 Å². The molecule has 1 N–H and O–H groups in total. The summed E-state index contributed by atoms with van der Waals surface area (Å²) >= 11 is 1.67. The largest absolute Gasteiger partial charge is 0.377 e. The Hall–Kier alpha value is -0.910. The lowest BCUT2D eigenvalue weighted by Crippen LogP contribution is -2.34. The lowest BCUT2D eigenvalue weighted by molar-refractivity contribution is 0.113. The molecule has 0 spiro atoms. The Morgan fingerprint density at radius 1 is 1.69 bits per heavy atom. The third-order valence-electron chi connectivity index (χ3n) is 3.06. The van der Waals surface area contributed by atoms with Gasteiger partial charge in [-0.15, -0.1) is 11.3 Å². The Morgan fingerprint density at radius 3 is 3.38 bits per heavy atom. The van der Waals surface area contributed by atoms with E-state index >= 15 is 0 Å². The molecule has 1 aliphatic rings. The molecule has 5 heteroatoms. The van der Waals surface area contributed by atoms with E-state index in [1.165, 1.54) is 0 Å². The molecule has 2 aromatic heterocycles. The first-order valence-electron chi connectivity index (χ1n) is 5.59. The van der Waals surface area contributed by atoms with Crippen molar-refractivity contribution in [3.8, 4) is 0 Å². The minimum atomic E-state index is 0.323. The second-order valence-electron chi connectivity index (χ2n) is 4.18. The van der Waals surface area contributed by atoms with Crippen LogP contribution in [0.15, 0.2) is 17.8 Å². The van der Waals surface area contributed by atoms with Crippen LogP contribution in [0.5, 0.6) is 0 Å². The zero-order valence-corrected chi connectivity index (χ0v) is 10.0. The number of rotatable bonds is 3. The summed E-state index contributed by atoms with van der Waals surface area (Å²) in [5.41, 5.74) is 1.10. The predicted molar refractivity (Wildman–Crippen MR) is 63.7 cm³/mol. The van der Waals surface area contributed by atoms with Crippen LogP contribution in [0.25, 0.3) is 4.96 Å². The molecule has 0 saturated carbocycles. The zero-order valence-electron chi connectivity index (χ0n) is 9.22. The van der Waals surface area contributed by atoms with Gasteiger partial charge in [0.15, 0.2) is 4.96 Å². The topological polar surface area (TPSA) is 38.6 Å². The van der Waals surface area contributed by atoms with E-state index in [1.807, 2.05) is 11.6 Å². The van der Waals surface area contributed by atoms with Gasteiger partial charge in [0.2, 0.25) is 0 Å². The molecule has 16 heavy (non-hydrogen) atoms. The molecule has 2 unspecified atom stereocenters. The van der Waals surface area contributed by atoms with E-state index in [-0.39, 0.29) is 0 Å². The van der Waals surface area contributed by atoms with Crippen molar-refractivity contribution in [1.29, 1.82) is 0 Å². The number of fused-ring (bicyclic) bond motifs is 1. The fourth-order valence-corrected chi connectivity index (χ4v) is 2.82. The van der Waals surface area contributed by atoms with E-state index in [4.69, 9.17) is 4.74 Å². The maximum Gasteiger partial charge on any atom is 0.193 e. The first-order chi connectivity index (χ1) is 7.83. The molecule has 1 saturated heterocycles. The van der Waals surface area contributed by atoms with Gasteiger partial charge in [0.25, 0.3) is 0 Å². The summed E-state index contributed by atoms with van der Waals surface area (Å²) in [5.74, 6) is 0. The number of nitrogens with one attached hydrogen (secondary N) is 1. The molecule has 86 valence electrons. The van der Waals surface area contributed by atoms with Gasteiger partial charge in [-0.3, -0.25) is 4.40 Å². The van der Waals surface area contributed by atoms with Gasteiger partial charge in [0, 0.05) is 37.0 Å². The minimum Gasteiger partial charge on any atom is -0.377 e. The molecular weight excluding hydrogens is 222 g/mol. The standard InChI is InChI=1S/C11H15N3OS/c1-8-10(2-4-15-8)12-6-9-7-14-3-5-16-11(14)13-9/h3,5,7-8,10,12H,2,4,6H2,1H3. The Kier molecular flexibility index (Phi) is 2.67. The van der Waals surface area contributed by atoms with Crippen LogP contribution in [0, 0.1) is 0 Å². The number of nitrogens with zero attached hydrogens (tertiary/aromatic N) is 2. The highest BCUT2D eigenvalue weighted by molar-refractivity contribution is 7.15. The maximum absolute atomic E-state index is 5.51. The average Bonchev–Trinajstić information content (AvgIpc) is 2.89. The predicted octanol–water partition coefficient (Wildman–Crippen LogP) is 1.66. The van der Waals surface area contributed by atoms with Crippen LogP contribution in [0.1, 0.15) is 19.0 Å². The number of imidazole rings is 1. The highest BCUT2D eigenvalue weighted by Crippen LogP contribution is 2.14. The van der Waals surface area contributed by atoms with E-state index in [1.54, 1.807) is 11.3 Å². The molecule has 3 rings (SSSR count). The van der Waals surface area contributed by atoms with Gasteiger partial charge >= 0.3 is 0 Å². The van der Waals surface area contributed by atoms with Gasteiger partial charge in [0.1, 0.15) is 0 Å². The van der Waals surface area contributed by atoms with Crippen LogP contribution in [0.2, 0.25) is 0 Å². The summed E-state index contributed by atoms with van der Waals surface area (Å²) in [7, 11) is 0. The van der Waals surface area contributed by atoms with Crippen molar-refractivity contribution in [2.24, 2.45) is 0 Å². The Morgan fingerprint density at radius 2 is 2.62 bits per heavy atom. The van der Waals surface area contributed by atoms with Crippen LogP contribution in [-0.4, -0.2) is 28.1 Å². The molecule has 2 atom stereocenters. The van der Waals surface area contributed by atoms with Gasteiger partial charge in [0.05, 0.1) is 11.8 Å². The molecule has 4 nitrogen and oxygen atoms in total. The van der Waals surface area contributed by atoms with Gasteiger partial charge in [-0.25, -0.2) is 4.98 Å². The molecule has 0 radical (unpaired) electrons. The molecular formula is C11H15N3OS. The lowest BCUT2D eigenvalue weighted by atomic mass is 10.1. The van der Waals surface area contributed by atoms with Crippen molar-refractivity contribution in [2.75, 3.05) is 6.61 Å². The fourth-order valence-electron chi connectivity index (χ4n) is 2.10. The van der Waals surface area contributed by atoms with Crippen LogP contribution in [-0.2, 0) is 11.3 Å². The zero-order chi connectivity index (χ0) is 11.0. The normalized spacial score (nSPS) is 25.6. The van der Waals surface area contributed by atoms with Gasteiger partial charge in [-0.2, -0.15) is 0 Å². The summed E-state index contributed by atoms with van der Waals surface area (Å²) in [6, 6.07) is 0.472. The summed E-state index contributed by atoms with van der Waals surface area (Å²) in [5, 5.41) is 5.55. The Bertz CT molecular complexity index is 450. The van der Waals surface area contributed by atoms with Crippen molar-refractivity contribution < 1.29 is 4.74 Å². The van der Waals surface area contributed by atoms with E-state index in [2.05, 4.69) is 27.8 Å². The Labute approximate surface area is 98.3 Å². The highest BCUT2D eigenvalue weighted by Gasteiger charge is 2.23. The molecule has 3 heterocycles. The van der Waals surface area contributed by atoms with Crippen molar-refractivity contribution >= 4 is 16.3 Å². The SMILES string of the molecule is CC1OCCC1NCc1cn2ccsc2n1. The number of hydrogen-bond acceptors (Lipinski definition) is 4. The van der Waals surface area contributed by atoms with Crippen LogP contribution in [0.4, 0.5) is 0 Å². The molecule has 0 aliphatic carbocycles. The van der Waals surface area contributed by atoms with Crippen LogP contribution < -0.4 is 5.32 Å². The molecule has 0 bridgehead atoms. The second kappa shape index (κ2) is 4.16. The van der Waals surface area contributed by atoms with E-state index in [9.17, 15) is 0 Å². The van der Waals surface area contributed by atoms with Gasteiger partial charge < -0.3 is 10.1 Å². The minimum absolute atomic E-state index is 0.323. The van der Waals surface area contributed by atoms with Crippen LogP contribution >= 0.6 is 11.3 Å². The number of hydrogen-bond donors (Lipinski definition) is 1. The summed E-state index contributed by atoms with van der Waals surface area (Å²) in [6.45, 7) is 3.82. The number of aromatic nitrogens is 2. The average molecular weight is 237 g/mol. The van der Waals surface area contributed by atoms with E-state index in [0.29, 0.717) is 12.1 Å². The first-order valence-corrected chi connectivity index (χ1v) is 6.47. The molecule has 1 aliphatic heterocycles. The fraction of sp³-hybridized carbons (Fsp3) is 0.545. The Balaban J connectivity index is 1.64. The van der Waals surface area contributed by atoms with E-state index < -0.39 is 0 Å². The summed E-state index contributed by atoms with van der Waals surface area (Å²) in [4.78, 5) is 5.60. The van der Waals surface area contributed by atoms with Gasteiger partial charge in [-0.1, -0.05) is 0 Å². The molecule has 1 fully saturated rings. The van der Waals surface area contributed by atoms with Crippen molar-refractivity contribution in [3.05, 3.63) is 23.5 Å². The summed E-state index contributed by atoms with van der Waals surface area (Å²) < 4.78 is 7.58. The monoisotopic (exact) mass is 237 g/mol. The number of thiazole rings is 1. The number of ether oxygens (including phenoxy) is 1. The van der Waals surface area contributed by atoms with Crippen LogP contribution in [0.3, 0.4) is 0 Å². The third kappa shape index (κ3) is 1.86. The highest BCUT2D eigenvalue weighted by atomic mass is 32.1. The molecule has 0 aromatic carbocycles.